The maximum absolute atomic E-state index is 6.04. The first-order valence-corrected chi connectivity index (χ1v) is 7.78. The molecule has 7 nitrogen and oxygen atoms in total. The average molecular weight is 327 g/mol. The lowest BCUT2D eigenvalue weighted by Gasteiger charge is -2.32. The molecule has 2 aromatic rings. The van der Waals surface area contributed by atoms with Crippen LogP contribution in [0, 0.1) is 0 Å². The summed E-state index contributed by atoms with van der Waals surface area (Å²) in [6, 6.07) is 3.73. The molecule has 0 aromatic carbocycles. The summed E-state index contributed by atoms with van der Waals surface area (Å²) in [6.07, 6.45) is 1.75. The Balaban J connectivity index is 1.50. The first-order valence-electron chi connectivity index (χ1n) is 6.63. The monoisotopic (exact) mass is 326 g/mol. The van der Waals surface area contributed by atoms with E-state index in [-0.39, 0.29) is 6.10 Å². The van der Waals surface area contributed by atoms with Crippen molar-refractivity contribution >= 4 is 29.0 Å². The molecule has 1 aliphatic rings. The van der Waals surface area contributed by atoms with Crippen LogP contribution in [0.1, 0.15) is 5.69 Å². The molecule has 3 rings (SSSR count). The zero-order valence-electron chi connectivity index (χ0n) is 11.3. The first-order chi connectivity index (χ1) is 10.3. The minimum atomic E-state index is 0.103. The maximum Gasteiger partial charge on any atom is 0.148 e. The zero-order chi connectivity index (χ0) is 14.5. The van der Waals surface area contributed by atoms with Gasteiger partial charge in [0.25, 0.3) is 0 Å². The summed E-state index contributed by atoms with van der Waals surface area (Å²) in [5.41, 5.74) is 0.837. The normalized spacial score (nSPS) is 19.6. The second kappa shape index (κ2) is 7.08. The Bertz CT molecular complexity index is 568. The van der Waals surface area contributed by atoms with E-state index in [1.807, 2.05) is 12.1 Å². The Morgan fingerprint density at radius 2 is 2.43 bits per heavy atom. The molecule has 112 valence electrons. The smallest absolute Gasteiger partial charge is 0.148 e. The predicted molar refractivity (Wildman–Crippen MR) is 80.5 cm³/mol. The molecule has 1 fully saturated rings. The molecule has 3 heterocycles. The molecule has 1 aliphatic heterocycles. The van der Waals surface area contributed by atoms with Crippen LogP contribution in [0.4, 0.5) is 5.82 Å². The number of nitrogens with one attached hydrogen (secondary N) is 1. The largest absolute Gasteiger partial charge is 0.374 e. The fourth-order valence-electron chi connectivity index (χ4n) is 2.16. The fourth-order valence-corrected chi connectivity index (χ4v) is 2.78. The van der Waals surface area contributed by atoms with Crippen LogP contribution in [0.3, 0.4) is 0 Å². The van der Waals surface area contributed by atoms with E-state index < -0.39 is 0 Å². The standard InChI is InChI=1S/C12H15ClN6OS/c13-12-10(16-18-21-12)8-19-4-5-20-9(7-19)6-14-11-2-1-3-15-17-11/h1-3,9H,4-8H2,(H,14,17)/t9-/m0/s1. The quantitative estimate of drug-likeness (QED) is 0.887. The molecule has 0 aliphatic carbocycles. The molecule has 0 bridgehead atoms. The van der Waals surface area contributed by atoms with Gasteiger partial charge >= 0.3 is 0 Å². The van der Waals surface area contributed by atoms with Crippen LogP contribution in [-0.4, -0.2) is 57.0 Å². The van der Waals surface area contributed by atoms with Gasteiger partial charge in [0.2, 0.25) is 0 Å². The lowest BCUT2D eigenvalue weighted by molar-refractivity contribution is -0.0244. The zero-order valence-corrected chi connectivity index (χ0v) is 12.8. The Labute approximate surface area is 131 Å². The number of aromatic nitrogens is 4. The van der Waals surface area contributed by atoms with E-state index in [1.165, 1.54) is 11.5 Å². The molecule has 0 saturated carbocycles. The summed E-state index contributed by atoms with van der Waals surface area (Å²) in [5.74, 6) is 0.755. The minimum absolute atomic E-state index is 0.103. The number of rotatable bonds is 5. The van der Waals surface area contributed by atoms with Crippen LogP contribution >= 0.6 is 23.1 Å². The molecular formula is C12H15ClN6OS. The second-order valence-corrected chi connectivity index (χ2v) is 6.07. The van der Waals surface area contributed by atoms with Crippen molar-refractivity contribution in [3.8, 4) is 0 Å². The predicted octanol–water partition coefficient (Wildman–Crippen LogP) is 1.29. The highest BCUT2D eigenvalue weighted by Crippen LogP contribution is 2.20. The van der Waals surface area contributed by atoms with Gasteiger partial charge in [-0.05, 0) is 12.1 Å². The molecular weight excluding hydrogens is 312 g/mol. The van der Waals surface area contributed by atoms with E-state index in [0.717, 1.165) is 24.6 Å². The van der Waals surface area contributed by atoms with Gasteiger partial charge in [0.05, 0.1) is 12.7 Å². The van der Waals surface area contributed by atoms with Gasteiger partial charge < -0.3 is 10.1 Å². The molecule has 1 saturated heterocycles. The summed E-state index contributed by atoms with van der Waals surface area (Å²) < 4.78 is 10.3. The lowest BCUT2D eigenvalue weighted by Crippen LogP contribution is -2.44. The van der Waals surface area contributed by atoms with Gasteiger partial charge in [-0.25, -0.2) is 0 Å². The molecule has 1 N–H and O–H groups in total. The number of ether oxygens (including phenoxy) is 1. The molecule has 0 amide bonds. The molecule has 21 heavy (non-hydrogen) atoms. The lowest BCUT2D eigenvalue weighted by atomic mass is 10.2. The Hall–Kier alpha value is -1.35. The van der Waals surface area contributed by atoms with E-state index in [9.17, 15) is 0 Å². The second-order valence-electron chi connectivity index (χ2n) is 4.71. The Kier molecular flexibility index (Phi) is 4.91. The van der Waals surface area contributed by atoms with Crippen molar-refractivity contribution in [2.24, 2.45) is 0 Å². The highest BCUT2D eigenvalue weighted by molar-refractivity contribution is 7.10. The van der Waals surface area contributed by atoms with Crippen LogP contribution in [0.25, 0.3) is 0 Å². The van der Waals surface area contributed by atoms with Gasteiger partial charge in [-0.15, -0.1) is 10.2 Å². The van der Waals surface area contributed by atoms with Gasteiger partial charge in [-0.3, -0.25) is 4.90 Å². The molecule has 9 heteroatoms. The van der Waals surface area contributed by atoms with Crippen molar-refractivity contribution in [1.29, 1.82) is 0 Å². The number of nitrogens with zero attached hydrogens (tertiary/aromatic N) is 5. The third kappa shape index (κ3) is 4.07. The van der Waals surface area contributed by atoms with Crippen molar-refractivity contribution in [1.82, 2.24) is 24.7 Å². The third-order valence-corrected chi connectivity index (χ3v) is 4.17. The van der Waals surface area contributed by atoms with E-state index in [4.69, 9.17) is 16.3 Å². The molecule has 2 aromatic heterocycles. The van der Waals surface area contributed by atoms with Gasteiger partial charge in [-0.1, -0.05) is 16.1 Å². The summed E-state index contributed by atoms with van der Waals surface area (Å²) >= 11 is 7.26. The number of halogens is 1. The number of morpholine rings is 1. The van der Waals surface area contributed by atoms with Gasteiger partial charge in [-0.2, -0.15) is 5.10 Å². The maximum atomic E-state index is 6.04. The van der Waals surface area contributed by atoms with Crippen molar-refractivity contribution in [2.75, 3.05) is 31.6 Å². The summed E-state index contributed by atoms with van der Waals surface area (Å²) in [7, 11) is 0. The Morgan fingerprint density at radius 1 is 1.48 bits per heavy atom. The topological polar surface area (TPSA) is 76.1 Å². The van der Waals surface area contributed by atoms with Crippen LogP contribution in [-0.2, 0) is 11.3 Å². The summed E-state index contributed by atoms with van der Waals surface area (Å²) in [5, 5.41) is 15.1. The van der Waals surface area contributed by atoms with E-state index >= 15 is 0 Å². The first kappa shape index (κ1) is 14.6. The number of hydrogen-bond donors (Lipinski definition) is 1. The van der Waals surface area contributed by atoms with Crippen LogP contribution in [0.5, 0.6) is 0 Å². The summed E-state index contributed by atoms with van der Waals surface area (Å²) in [4.78, 5) is 2.27. The van der Waals surface area contributed by atoms with Crippen LogP contribution in [0.15, 0.2) is 18.3 Å². The molecule has 0 unspecified atom stereocenters. The number of anilines is 1. The molecule has 0 radical (unpaired) electrons. The van der Waals surface area contributed by atoms with Gasteiger partial charge in [0, 0.05) is 43.9 Å². The molecule has 0 spiro atoms. The van der Waals surface area contributed by atoms with Crippen LogP contribution < -0.4 is 5.32 Å². The van der Waals surface area contributed by atoms with E-state index in [1.54, 1.807) is 6.20 Å². The molecule has 1 atom stereocenters. The van der Waals surface area contributed by atoms with Gasteiger partial charge in [0.1, 0.15) is 15.8 Å². The van der Waals surface area contributed by atoms with Crippen molar-refractivity contribution in [3.05, 3.63) is 28.4 Å². The SMILES string of the molecule is Clc1snnc1CN1CCO[C@@H](CNc2cccnn2)C1. The highest BCUT2D eigenvalue weighted by Gasteiger charge is 2.22. The van der Waals surface area contributed by atoms with E-state index in [0.29, 0.717) is 24.0 Å². The van der Waals surface area contributed by atoms with Gasteiger partial charge in [0.15, 0.2) is 0 Å². The Morgan fingerprint density at radius 3 is 3.19 bits per heavy atom. The fraction of sp³-hybridized carbons (Fsp3) is 0.500. The van der Waals surface area contributed by atoms with Crippen LogP contribution in [0.2, 0.25) is 4.34 Å². The van der Waals surface area contributed by atoms with Crippen molar-refractivity contribution in [3.63, 3.8) is 0 Å². The minimum Gasteiger partial charge on any atom is -0.374 e. The summed E-state index contributed by atoms with van der Waals surface area (Å²) in [6.45, 7) is 3.79. The highest BCUT2D eigenvalue weighted by atomic mass is 35.5. The third-order valence-electron chi connectivity index (χ3n) is 3.19. The van der Waals surface area contributed by atoms with Crippen molar-refractivity contribution < 1.29 is 4.74 Å². The number of hydrogen-bond acceptors (Lipinski definition) is 8. The van der Waals surface area contributed by atoms with Crippen molar-refractivity contribution in [2.45, 2.75) is 12.6 Å². The average Bonchev–Trinajstić information content (AvgIpc) is 2.92. The van der Waals surface area contributed by atoms with E-state index in [2.05, 4.69) is 30.0 Å².